The molecule has 0 aliphatic heterocycles. The highest BCUT2D eigenvalue weighted by atomic mass is 32.1. The number of ether oxygens (including phenoxy) is 1. The van der Waals surface area contributed by atoms with Gasteiger partial charge in [0.05, 0.1) is 19.6 Å². The van der Waals surface area contributed by atoms with Crippen LogP contribution in [0.3, 0.4) is 0 Å². The summed E-state index contributed by atoms with van der Waals surface area (Å²) in [5.41, 5.74) is 2.42. The van der Waals surface area contributed by atoms with Crippen molar-refractivity contribution in [2.75, 3.05) is 13.7 Å². The first kappa shape index (κ1) is 15.8. The zero-order chi connectivity index (χ0) is 16.2. The molecule has 0 saturated heterocycles. The van der Waals surface area contributed by atoms with Gasteiger partial charge in [0.2, 0.25) is 0 Å². The number of aromatic nitrogens is 1. The Morgan fingerprint density at radius 2 is 2.13 bits per heavy atom. The molecule has 2 atom stereocenters. The number of thiophene rings is 1. The molecule has 0 unspecified atom stereocenters. The number of rotatable bonds is 6. The molecular weight excluding hydrogens is 308 g/mol. The second kappa shape index (κ2) is 6.98. The quantitative estimate of drug-likeness (QED) is 0.683. The molecular formula is C18H21N2O2S+. The Hall–Kier alpha value is -2.11. The molecule has 3 rings (SSSR count). The first-order chi connectivity index (χ1) is 11.2. The predicted octanol–water partition coefficient (Wildman–Crippen LogP) is 2.49. The van der Waals surface area contributed by atoms with Gasteiger partial charge in [0, 0.05) is 22.0 Å². The molecule has 3 N–H and O–H groups in total. The minimum atomic E-state index is -0.201. The van der Waals surface area contributed by atoms with E-state index in [1.54, 1.807) is 11.3 Å². The molecule has 5 heteroatoms. The van der Waals surface area contributed by atoms with Crippen LogP contribution in [0, 0.1) is 0 Å². The van der Waals surface area contributed by atoms with Gasteiger partial charge in [-0.15, -0.1) is 11.3 Å². The lowest BCUT2D eigenvalue weighted by atomic mass is 9.96. The number of hydrogen-bond acceptors (Lipinski definition) is 3. The fraction of sp³-hybridized carbons (Fsp3) is 0.278. The van der Waals surface area contributed by atoms with Crippen LogP contribution in [0.1, 0.15) is 23.3 Å². The second-order valence-electron chi connectivity index (χ2n) is 5.64. The lowest BCUT2D eigenvalue weighted by Gasteiger charge is -2.16. The molecule has 2 heterocycles. The normalized spacial score (nSPS) is 13.8. The summed E-state index contributed by atoms with van der Waals surface area (Å²) in [6, 6.07) is 12.4. The Labute approximate surface area is 139 Å². The lowest BCUT2D eigenvalue weighted by molar-refractivity contribution is -0.676. The zero-order valence-electron chi connectivity index (χ0n) is 13.3. The predicted molar refractivity (Wildman–Crippen MR) is 92.7 cm³/mol. The van der Waals surface area contributed by atoms with E-state index in [4.69, 9.17) is 4.74 Å². The average molecular weight is 329 g/mol. The highest BCUT2D eigenvalue weighted by Gasteiger charge is 2.24. The van der Waals surface area contributed by atoms with Gasteiger partial charge < -0.3 is 15.0 Å². The number of nitrogens with one attached hydrogen (secondary N) is 1. The van der Waals surface area contributed by atoms with E-state index in [2.05, 4.69) is 52.2 Å². The average Bonchev–Trinajstić information content (AvgIpc) is 3.24. The summed E-state index contributed by atoms with van der Waals surface area (Å²) < 4.78 is 4.82. The van der Waals surface area contributed by atoms with Crippen molar-refractivity contribution in [1.29, 1.82) is 0 Å². The number of para-hydroxylation sites is 1. The molecule has 3 aromatic rings. The van der Waals surface area contributed by atoms with Crippen LogP contribution in [-0.2, 0) is 9.53 Å². The van der Waals surface area contributed by atoms with E-state index in [-0.39, 0.29) is 17.9 Å². The van der Waals surface area contributed by atoms with E-state index in [9.17, 15) is 4.79 Å². The number of fused-ring (bicyclic) bond motifs is 1. The van der Waals surface area contributed by atoms with E-state index in [1.165, 1.54) is 22.9 Å². The van der Waals surface area contributed by atoms with Crippen molar-refractivity contribution in [3.05, 3.63) is 58.4 Å². The SMILES string of the molecule is COC(=O)[C@H](C)[NH2+]C[C@@H](c1cccs1)c1c[nH]c2ccccc12. The van der Waals surface area contributed by atoms with Crippen LogP contribution in [0.15, 0.2) is 48.0 Å². The number of nitrogens with two attached hydrogens (primary N) is 1. The van der Waals surface area contributed by atoms with Crippen LogP contribution in [-0.4, -0.2) is 30.6 Å². The van der Waals surface area contributed by atoms with Gasteiger partial charge in [-0.1, -0.05) is 24.3 Å². The van der Waals surface area contributed by atoms with Gasteiger partial charge in [-0.25, -0.2) is 4.79 Å². The van der Waals surface area contributed by atoms with Crippen molar-refractivity contribution in [1.82, 2.24) is 4.98 Å². The number of carbonyl (C=O) groups excluding carboxylic acids is 1. The molecule has 4 nitrogen and oxygen atoms in total. The molecule has 0 spiro atoms. The van der Waals surface area contributed by atoms with Gasteiger partial charge in [0.25, 0.3) is 0 Å². The molecule has 1 aromatic carbocycles. The van der Waals surface area contributed by atoms with Crippen LogP contribution in [0.4, 0.5) is 0 Å². The summed E-state index contributed by atoms with van der Waals surface area (Å²) in [5.74, 6) is 0.0621. The van der Waals surface area contributed by atoms with Crippen LogP contribution >= 0.6 is 11.3 Å². The Balaban J connectivity index is 1.89. The van der Waals surface area contributed by atoms with Gasteiger partial charge in [0.15, 0.2) is 6.04 Å². The van der Waals surface area contributed by atoms with Crippen molar-refractivity contribution >= 4 is 28.2 Å². The third kappa shape index (κ3) is 3.30. The fourth-order valence-electron chi connectivity index (χ4n) is 2.89. The number of hydrogen-bond donors (Lipinski definition) is 2. The van der Waals surface area contributed by atoms with Gasteiger partial charge >= 0.3 is 5.97 Å². The topological polar surface area (TPSA) is 58.7 Å². The molecule has 0 bridgehead atoms. The van der Waals surface area contributed by atoms with E-state index in [0.717, 1.165) is 12.1 Å². The highest BCUT2D eigenvalue weighted by molar-refractivity contribution is 7.10. The van der Waals surface area contributed by atoms with Crippen molar-refractivity contribution in [2.24, 2.45) is 0 Å². The first-order valence-corrected chi connectivity index (χ1v) is 8.59. The Bertz CT molecular complexity index is 779. The number of H-pyrrole nitrogens is 1. The van der Waals surface area contributed by atoms with Crippen LogP contribution < -0.4 is 5.32 Å². The molecule has 0 aliphatic rings. The van der Waals surface area contributed by atoms with Gasteiger partial charge in [-0.2, -0.15) is 0 Å². The van der Waals surface area contributed by atoms with Crippen molar-refractivity contribution in [3.8, 4) is 0 Å². The standard InChI is InChI=1S/C18H20N2O2S/c1-12(18(21)22-2)19-11-15(17-8-5-9-23-17)14-10-20-16-7-4-3-6-13(14)16/h3-10,12,15,19-20H,11H2,1-2H3/p+1/t12-,15+/m0/s1. The Morgan fingerprint density at radius 3 is 2.87 bits per heavy atom. The number of aromatic amines is 1. The monoisotopic (exact) mass is 329 g/mol. The Kier molecular flexibility index (Phi) is 4.79. The zero-order valence-corrected chi connectivity index (χ0v) is 14.1. The fourth-order valence-corrected chi connectivity index (χ4v) is 3.75. The summed E-state index contributed by atoms with van der Waals surface area (Å²) in [6.45, 7) is 2.69. The summed E-state index contributed by atoms with van der Waals surface area (Å²) in [5, 5.41) is 5.39. The summed E-state index contributed by atoms with van der Waals surface area (Å²) in [4.78, 5) is 16.3. The molecule has 0 amide bonds. The van der Waals surface area contributed by atoms with Crippen molar-refractivity contribution in [3.63, 3.8) is 0 Å². The largest absolute Gasteiger partial charge is 0.465 e. The maximum absolute atomic E-state index is 11.7. The number of methoxy groups -OCH3 is 1. The van der Waals surface area contributed by atoms with E-state index >= 15 is 0 Å². The van der Waals surface area contributed by atoms with Crippen molar-refractivity contribution < 1.29 is 14.8 Å². The van der Waals surface area contributed by atoms with Crippen LogP contribution in [0.25, 0.3) is 10.9 Å². The minimum Gasteiger partial charge on any atom is -0.465 e. The second-order valence-corrected chi connectivity index (χ2v) is 6.62. The molecule has 120 valence electrons. The molecule has 0 saturated carbocycles. The minimum absolute atomic E-state index is 0.186. The number of benzene rings is 1. The molecule has 0 radical (unpaired) electrons. The maximum atomic E-state index is 11.7. The first-order valence-electron chi connectivity index (χ1n) is 7.71. The molecule has 0 aliphatic carbocycles. The highest BCUT2D eigenvalue weighted by Crippen LogP contribution is 2.32. The molecule has 23 heavy (non-hydrogen) atoms. The van der Waals surface area contributed by atoms with Crippen LogP contribution in [0.5, 0.6) is 0 Å². The number of carbonyl (C=O) groups is 1. The van der Waals surface area contributed by atoms with Crippen LogP contribution in [0.2, 0.25) is 0 Å². The summed E-state index contributed by atoms with van der Waals surface area (Å²) in [6.07, 6.45) is 2.09. The third-order valence-corrected chi connectivity index (χ3v) is 5.17. The Morgan fingerprint density at radius 1 is 1.30 bits per heavy atom. The van der Waals surface area contributed by atoms with Gasteiger partial charge in [-0.05, 0) is 30.0 Å². The maximum Gasteiger partial charge on any atom is 0.364 e. The van der Waals surface area contributed by atoms with Crippen molar-refractivity contribution in [2.45, 2.75) is 18.9 Å². The van der Waals surface area contributed by atoms with E-state index in [1.807, 2.05) is 13.0 Å². The van der Waals surface area contributed by atoms with E-state index < -0.39 is 0 Å². The van der Waals surface area contributed by atoms with E-state index in [0.29, 0.717) is 0 Å². The number of esters is 1. The summed E-state index contributed by atoms with van der Waals surface area (Å²) >= 11 is 1.75. The summed E-state index contributed by atoms with van der Waals surface area (Å²) in [7, 11) is 1.43. The molecule has 2 aromatic heterocycles. The van der Waals surface area contributed by atoms with Gasteiger partial charge in [0.1, 0.15) is 0 Å². The lowest BCUT2D eigenvalue weighted by Crippen LogP contribution is -2.92. The third-order valence-electron chi connectivity index (χ3n) is 4.18. The number of quaternary nitrogens is 1. The molecule has 0 fully saturated rings. The smallest absolute Gasteiger partial charge is 0.364 e. The van der Waals surface area contributed by atoms with Gasteiger partial charge in [-0.3, -0.25) is 0 Å².